The van der Waals surface area contributed by atoms with Gasteiger partial charge >= 0.3 is 0 Å². The number of hydrogen-bond donors (Lipinski definition) is 1. The lowest BCUT2D eigenvalue weighted by Crippen LogP contribution is -2.31. The van der Waals surface area contributed by atoms with Crippen LogP contribution in [-0.2, 0) is 6.61 Å². The van der Waals surface area contributed by atoms with Gasteiger partial charge in [0.05, 0.1) is 0 Å². The Bertz CT molecular complexity index is 729. The third-order valence-electron chi connectivity index (χ3n) is 5.18. The molecule has 1 aromatic heterocycles. The first-order valence-electron chi connectivity index (χ1n) is 9.42. The molecule has 1 amide bonds. The summed E-state index contributed by atoms with van der Waals surface area (Å²) in [5.41, 5.74) is 1.70. The van der Waals surface area contributed by atoms with Crippen LogP contribution in [0.5, 0.6) is 5.75 Å². The van der Waals surface area contributed by atoms with E-state index in [2.05, 4.69) is 15.2 Å². The van der Waals surface area contributed by atoms with Crippen LogP contribution in [0.3, 0.4) is 0 Å². The number of benzene rings is 1. The minimum atomic E-state index is -0.00585. The highest BCUT2D eigenvalue weighted by Crippen LogP contribution is 2.31. The minimum Gasteiger partial charge on any atom is -0.489 e. The predicted molar refractivity (Wildman–Crippen MR) is 100 cm³/mol. The number of amides is 1. The summed E-state index contributed by atoms with van der Waals surface area (Å²) < 4.78 is 5.73. The number of nitrogens with zero attached hydrogens (tertiary/aromatic N) is 2. The van der Waals surface area contributed by atoms with Gasteiger partial charge in [-0.2, -0.15) is 0 Å². The fourth-order valence-electron chi connectivity index (χ4n) is 3.49. The largest absolute Gasteiger partial charge is 0.489 e. The zero-order chi connectivity index (χ0) is 17.8. The molecule has 2 aliphatic rings. The quantitative estimate of drug-likeness (QED) is 0.833. The zero-order valence-electron chi connectivity index (χ0n) is 14.9. The summed E-state index contributed by atoms with van der Waals surface area (Å²) in [6, 6.07) is 12.0. The number of rotatable bonds is 7. The maximum Gasteiger partial charge on any atom is 0.251 e. The van der Waals surface area contributed by atoms with E-state index in [1.807, 2.05) is 36.4 Å². The topological polar surface area (TPSA) is 54.5 Å². The molecule has 1 atom stereocenters. The van der Waals surface area contributed by atoms with Gasteiger partial charge in [0.15, 0.2) is 0 Å². The molecule has 1 aliphatic heterocycles. The van der Waals surface area contributed by atoms with E-state index in [0.29, 0.717) is 18.1 Å². The molecule has 0 bridgehead atoms. The standard InChI is InChI=1S/C21H25N3O2/c25-21(23-13-16-9-11-24(14-16)19-5-6-19)18-3-7-20(8-4-18)26-15-17-2-1-10-22-12-17/h1-4,7-8,10,12,16,19H,5-6,9,11,13-15H2,(H,23,25). The van der Waals surface area contributed by atoms with Gasteiger partial charge in [-0.3, -0.25) is 9.78 Å². The van der Waals surface area contributed by atoms with Crippen LogP contribution in [0, 0.1) is 5.92 Å². The van der Waals surface area contributed by atoms with Gasteiger partial charge in [0, 0.05) is 42.7 Å². The Balaban J connectivity index is 1.23. The van der Waals surface area contributed by atoms with Crippen molar-refractivity contribution in [3.63, 3.8) is 0 Å². The highest BCUT2D eigenvalue weighted by Gasteiger charge is 2.34. The van der Waals surface area contributed by atoms with Crippen LogP contribution in [0.4, 0.5) is 0 Å². The number of carbonyl (C=O) groups is 1. The summed E-state index contributed by atoms with van der Waals surface area (Å²) in [5.74, 6) is 1.33. The van der Waals surface area contributed by atoms with Crippen LogP contribution < -0.4 is 10.1 Å². The van der Waals surface area contributed by atoms with Gasteiger partial charge in [-0.1, -0.05) is 6.07 Å². The van der Waals surface area contributed by atoms with Crippen LogP contribution >= 0.6 is 0 Å². The predicted octanol–water partition coefficient (Wildman–Crippen LogP) is 2.87. The van der Waals surface area contributed by atoms with Crippen molar-refractivity contribution in [1.82, 2.24) is 15.2 Å². The molecule has 2 heterocycles. The van der Waals surface area contributed by atoms with Crippen molar-refractivity contribution in [1.29, 1.82) is 0 Å². The average molecular weight is 351 g/mol. The van der Waals surface area contributed by atoms with Crippen molar-refractivity contribution in [2.24, 2.45) is 5.92 Å². The molecule has 2 fully saturated rings. The molecule has 5 heteroatoms. The number of aromatic nitrogens is 1. The lowest BCUT2D eigenvalue weighted by Gasteiger charge is -2.15. The van der Waals surface area contributed by atoms with Gasteiger partial charge in [0.1, 0.15) is 12.4 Å². The molecule has 1 aliphatic carbocycles. The van der Waals surface area contributed by atoms with E-state index in [9.17, 15) is 4.79 Å². The molecule has 0 spiro atoms. The van der Waals surface area contributed by atoms with Crippen molar-refractivity contribution in [2.75, 3.05) is 19.6 Å². The molecular weight excluding hydrogens is 326 g/mol. The van der Waals surface area contributed by atoms with E-state index in [-0.39, 0.29) is 5.91 Å². The Hall–Kier alpha value is -2.40. The van der Waals surface area contributed by atoms with Crippen molar-refractivity contribution in [2.45, 2.75) is 31.9 Å². The fourth-order valence-corrected chi connectivity index (χ4v) is 3.49. The maximum absolute atomic E-state index is 12.3. The second kappa shape index (κ2) is 7.87. The lowest BCUT2D eigenvalue weighted by atomic mass is 10.1. The number of carbonyl (C=O) groups excluding carboxylic acids is 1. The van der Waals surface area contributed by atoms with Crippen molar-refractivity contribution in [3.8, 4) is 5.75 Å². The van der Waals surface area contributed by atoms with Crippen molar-refractivity contribution in [3.05, 3.63) is 59.9 Å². The molecule has 1 unspecified atom stereocenters. The molecule has 4 rings (SSSR count). The van der Waals surface area contributed by atoms with Gasteiger partial charge < -0.3 is 15.0 Å². The van der Waals surface area contributed by atoms with E-state index in [4.69, 9.17) is 4.74 Å². The number of hydrogen-bond acceptors (Lipinski definition) is 4. The summed E-state index contributed by atoms with van der Waals surface area (Å²) in [5, 5.41) is 3.08. The van der Waals surface area contributed by atoms with Gasteiger partial charge in [-0.25, -0.2) is 0 Å². The Morgan fingerprint density at radius 2 is 2.04 bits per heavy atom. The highest BCUT2D eigenvalue weighted by molar-refractivity contribution is 5.94. The SMILES string of the molecule is O=C(NCC1CCN(C2CC2)C1)c1ccc(OCc2cccnc2)cc1. The Morgan fingerprint density at radius 1 is 1.19 bits per heavy atom. The molecule has 1 saturated heterocycles. The van der Waals surface area contributed by atoms with Crippen LogP contribution in [0.15, 0.2) is 48.8 Å². The molecular formula is C21H25N3O2. The second-order valence-electron chi connectivity index (χ2n) is 7.27. The zero-order valence-corrected chi connectivity index (χ0v) is 14.9. The van der Waals surface area contributed by atoms with Gasteiger partial charge in [-0.05, 0) is 62.1 Å². The first-order chi connectivity index (χ1) is 12.8. The molecule has 1 saturated carbocycles. The molecule has 26 heavy (non-hydrogen) atoms. The average Bonchev–Trinajstić information content (AvgIpc) is 3.44. The molecule has 5 nitrogen and oxygen atoms in total. The molecule has 1 N–H and O–H groups in total. The van der Waals surface area contributed by atoms with E-state index in [1.165, 1.54) is 25.8 Å². The monoisotopic (exact) mass is 351 g/mol. The van der Waals surface area contributed by atoms with E-state index < -0.39 is 0 Å². The first-order valence-corrected chi connectivity index (χ1v) is 9.42. The molecule has 0 radical (unpaired) electrons. The number of nitrogens with one attached hydrogen (secondary N) is 1. The third-order valence-corrected chi connectivity index (χ3v) is 5.18. The second-order valence-corrected chi connectivity index (χ2v) is 7.27. The fraction of sp³-hybridized carbons (Fsp3) is 0.429. The summed E-state index contributed by atoms with van der Waals surface area (Å²) in [4.78, 5) is 19.0. The molecule has 2 aromatic rings. The first kappa shape index (κ1) is 17.0. The van der Waals surface area contributed by atoms with E-state index in [0.717, 1.165) is 30.4 Å². The molecule has 1 aromatic carbocycles. The van der Waals surface area contributed by atoms with Crippen molar-refractivity contribution < 1.29 is 9.53 Å². The van der Waals surface area contributed by atoms with Crippen LogP contribution in [0.25, 0.3) is 0 Å². The number of pyridine rings is 1. The lowest BCUT2D eigenvalue weighted by molar-refractivity contribution is 0.0947. The van der Waals surface area contributed by atoms with E-state index >= 15 is 0 Å². The highest BCUT2D eigenvalue weighted by atomic mass is 16.5. The normalized spacial score (nSPS) is 20.1. The number of ether oxygens (including phenoxy) is 1. The smallest absolute Gasteiger partial charge is 0.251 e. The van der Waals surface area contributed by atoms with E-state index in [1.54, 1.807) is 12.4 Å². The van der Waals surface area contributed by atoms with Gasteiger partial charge in [0.25, 0.3) is 5.91 Å². The summed E-state index contributed by atoms with van der Waals surface area (Å²) in [7, 11) is 0. The number of likely N-dealkylation sites (tertiary alicyclic amines) is 1. The Labute approximate surface area is 154 Å². The van der Waals surface area contributed by atoms with Crippen LogP contribution in [0.2, 0.25) is 0 Å². The molecule has 136 valence electrons. The maximum atomic E-state index is 12.3. The minimum absolute atomic E-state index is 0.00585. The van der Waals surface area contributed by atoms with Crippen LogP contribution in [0.1, 0.15) is 35.2 Å². The van der Waals surface area contributed by atoms with Crippen LogP contribution in [-0.4, -0.2) is 41.5 Å². The van der Waals surface area contributed by atoms with Gasteiger partial charge in [-0.15, -0.1) is 0 Å². The summed E-state index contributed by atoms with van der Waals surface area (Å²) in [6.07, 6.45) is 7.43. The Kier molecular flexibility index (Phi) is 5.16. The Morgan fingerprint density at radius 3 is 2.77 bits per heavy atom. The van der Waals surface area contributed by atoms with Crippen molar-refractivity contribution >= 4 is 5.91 Å². The summed E-state index contributed by atoms with van der Waals surface area (Å²) >= 11 is 0. The third kappa shape index (κ3) is 4.41. The van der Waals surface area contributed by atoms with Gasteiger partial charge in [0.2, 0.25) is 0 Å². The summed E-state index contributed by atoms with van der Waals surface area (Å²) in [6.45, 7) is 3.56.